The van der Waals surface area contributed by atoms with E-state index in [9.17, 15) is 0 Å². The van der Waals surface area contributed by atoms with Crippen molar-refractivity contribution in [3.05, 3.63) is 29.8 Å². The van der Waals surface area contributed by atoms with Gasteiger partial charge in [-0.1, -0.05) is 25.1 Å². The van der Waals surface area contributed by atoms with E-state index in [-0.39, 0.29) is 12.6 Å². The van der Waals surface area contributed by atoms with Gasteiger partial charge in [0.15, 0.2) is 0 Å². The lowest BCUT2D eigenvalue weighted by Gasteiger charge is -2.27. The zero-order chi connectivity index (χ0) is 12.0. The van der Waals surface area contributed by atoms with Crippen LogP contribution >= 0.6 is 0 Å². The highest BCUT2D eigenvalue weighted by atomic mass is 16.3. The highest BCUT2D eigenvalue weighted by molar-refractivity contribution is 5.54. The lowest BCUT2D eigenvalue weighted by molar-refractivity contribution is 0.301. The van der Waals surface area contributed by atoms with Gasteiger partial charge in [0.1, 0.15) is 0 Å². The largest absolute Gasteiger partial charge is 0.395 e. The standard InChI is InChI=1S/C13H22N2O/c1-3-8-15(9-10-16)13-7-5-4-6-12(13)11(2)14/h4-7,11,16H,3,8-10,14H2,1-2H3/t11-/m0/s1. The summed E-state index contributed by atoms with van der Waals surface area (Å²) in [7, 11) is 0. The molecule has 0 aliphatic carbocycles. The summed E-state index contributed by atoms with van der Waals surface area (Å²) in [5.41, 5.74) is 8.25. The second-order valence-electron chi connectivity index (χ2n) is 4.06. The van der Waals surface area contributed by atoms with Crippen molar-refractivity contribution < 1.29 is 5.11 Å². The molecule has 1 aromatic rings. The Morgan fingerprint density at radius 3 is 2.56 bits per heavy atom. The van der Waals surface area contributed by atoms with Gasteiger partial charge in [-0.15, -0.1) is 0 Å². The predicted molar refractivity (Wildman–Crippen MR) is 68.6 cm³/mol. The molecule has 0 aromatic heterocycles. The number of hydrogen-bond donors (Lipinski definition) is 2. The van der Waals surface area contributed by atoms with E-state index < -0.39 is 0 Å². The number of para-hydroxylation sites is 1. The van der Waals surface area contributed by atoms with Gasteiger partial charge in [0.05, 0.1) is 6.61 Å². The first-order valence-corrected chi connectivity index (χ1v) is 5.91. The van der Waals surface area contributed by atoms with Crippen LogP contribution in [0.25, 0.3) is 0 Å². The minimum atomic E-state index is 0.0225. The van der Waals surface area contributed by atoms with E-state index >= 15 is 0 Å². The molecule has 16 heavy (non-hydrogen) atoms. The molecule has 1 rings (SSSR count). The number of hydrogen-bond acceptors (Lipinski definition) is 3. The summed E-state index contributed by atoms with van der Waals surface area (Å²) in [5, 5.41) is 9.08. The van der Waals surface area contributed by atoms with E-state index in [1.807, 2.05) is 19.1 Å². The predicted octanol–water partition coefficient (Wildman–Crippen LogP) is 1.92. The monoisotopic (exact) mass is 222 g/mol. The molecule has 0 fully saturated rings. The number of anilines is 1. The molecule has 3 nitrogen and oxygen atoms in total. The number of nitrogens with two attached hydrogens (primary N) is 1. The highest BCUT2D eigenvalue weighted by Gasteiger charge is 2.11. The fraction of sp³-hybridized carbons (Fsp3) is 0.538. The lowest BCUT2D eigenvalue weighted by atomic mass is 10.1. The summed E-state index contributed by atoms with van der Waals surface area (Å²) < 4.78 is 0. The maximum Gasteiger partial charge on any atom is 0.0606 e. The first-order valence-electron chi connectivity index (χ1n) is 5.91. The van der Waals surface area contributed by atoms with Gasteiger partial charge in [0, 0.05) is 24.8 Å². The van der Waals surface area contributed by atoms with Crippen LogP contribution in [0.1, 0.15) is 31.9 Å². The SMILES string of the molecule is CCCN(CCO)c1ccccc1[C@H](C)N. The van der Waals surface area contributed by atoms with Gasteiger partial charge in [-0.05, 0) is 25.0 Å². The van der Waals surface area contributed by atoms with Crippen molar-refractivity contribution in [2.24, 2.45) is 5.73 Å². The molecule has 0 heterocycles. The topological polar surface area (TPSA) is 49.5 Å². The molecule has 3 N–H and O–H groups in total. The molecule has 0 unspecified atom stereocenters. The zero-order valence-corrected chi connectivity index (χ0v) is 10.2. The van der Waals surface area contributed by atoms with E-state index in [1.165, 1.54) is 0 Å². The van der Waals surface area contributed by atoms with Crippen molar-refractivity contribution >= 4 is 5.69 Å². The van der Waals surface area contributed by atoms with Gasteiger partial charge in [-0.2, -0.15) is 0 Å². The number of nitrogens with zero attached hydrogens (tertiary/aromatic N) is 1. The normalized spacial score (nSPS) is 12.5. The number of aliphatic hydroxyl groups is 1. The summed E-state index contributed by atoms with van der Waals surface area (Å²) in [5.74, 6) is 0. The number of rotatable bonds is 6. The zero-order valence-electron chi connectivity index (χ0n) is 10.2. The third-order valence-corrected chi connectivity index (χ3v) is 2.63. The third kappa shape index (κ3) is 3.22. The Kier molecular flexibility index (Phi) is 5.29. The van der Waals surface area contributed by atoms with E-state index in [4.69, 9.17) is 10.8 Å². The van der Waals surface area contributed by atoms with Gasteiger partial charge in [0.25, 0.3) is 0 Å². The van der Waals surface area contributed by atoms with Crippen LogP contribution in [0.5, 0.6) is 0 Å². The van der Waals surface area contributed by atoms with Crippen LogP contribution < -0.4 is 10.6 Å². The molecule has 90 valence electrons. The first kappa shape index (κ1) is 13.0. The molecular weight excluding hydrogens is 200 g/mol. The van der Waals surface area contributed by atoms with Crippen LogP contribution in [-0.4, -0.2) is 24.8 Å². The van der Waals surface area contributed by atoms with Crippen LogP contribution in [0.3, 0.4) is 0 Å². The number of benzene rings is 1. The van der Waals surface area contributed by atoms with Crippen molar-refractivity contribution in [1.29, 1.82) is 0 Å². The second kappa shape index (κ2) is 6.51. The van der Waals surface area contributed by atoms with Crippen LogP contribution in [0.2, 0.25) is 0 Å². The first-order chi connectivity index (χ1) is 7.70. The second-order valence-corrected chi connectivity index (χ2v) is 4.06. The molecule has 1 atom stereocenters. The fourth-order valence-corrected chi connectivity index (χ4v) is 1.90. The summed E-state index contributed by atoms with van der Waals surface area (Å²) in [4.78, 5) is 2.19. The van der Waals surface area contributed by atoms with Crippen LogP contribution in [0.4, 0.5) is 5.69 Å². The average Bonchev–Trinajstić information content (AvgIpc) is 2.29. The molecule has 0 aliphatic heterocycles. The molecule has 0 amide bonds. The molecule has 0 radical (unpaired) electrons. The Hall–Kier alpha value is -1.06. The van der Waals surface area contributed by atoms with E-state index in [0.29, 0.717) is 6.54 Å². The van der Waals surface area contributed by atoms with Crippen molar-refractivity contribution in [3.8, 4) is 0 Å². The van der Waals surface area contributed by atoms with Crippen molar-refractivity contribution in [3.63, 3.8) is 0 Å². The average molecular weight is 222 g/mol. The van der Waals surface area contributed by atoms with Gasteiger partial charge in [-0.3, -0.25) is 0 Å². The van der Waals surface area contributed by atoms with Crippen molar-refractivity contribution in [2.45, 2.75) is 26.3 Å². The minimum absolute atomic E-state index is 0.0225. The maximum absolute atomic E-state index is 9.08. The molecule has 0 saturated carbocycles. The molecule has 0 saturated heterocycles. The van der Waals surface area contributed by atoms with Gasteiger partial charge >= 0.3 is 0 Å². The van der Waals surface area contributed by atoms with Crippen LogP contribution in [-0.2, 0) is 0 Å². The summed E-state index contributed by atoms with van der Waals surface area (Å²) >= 11 is 0. The summed E-state index contributed by atoms with van der Waals surface area (Å²) in [6.45, 7) is 5.91. The van der Waals surface area contributed by atoms with Gasteiger partial charge in [0.2, 0.25) is 0 Å². The van der Waals surface area contributed by atoms with E-state index in [0.717, 1.165) is 24.2 Å². The van der Waals surface area contributed by atoms with Crippen molar-refractivity contribution in [2.75, 3.05) is 24.6 Å². The quantitative estimate of drug-likeness (QED) is 0.773. The van der Waals surface area contributed by atoms with E-state index in [1.54, 1.807) is 0 Å². The third-order valence-electron chi connectivity index (χ3n) is 2.63. The van der Waals surface area contributed by atoms with Gasteiger partial charge in [-0.25, -0.2) is 0 Å². The molecule has 1 aromatic carbocycles. The Morgan fingerprint density at radius 1 is 1.31 bits per heavy atom. The summed E-state index contributed by atoms with van der Waals surface area (Å²) in [6, 6.07) is 8.17. The molecule has 3 heteroatoms. The maximum atomic E-state index is 9.08. The van der Waals surface area contributed by atoms with Gasteiger partial charge < -0.3 is 15.7 Å². The lowest BCUT2D eigenvalue weighted by Crippen LogP contribution is -2.29. The molecular formula is C13H22N2O. The Labute approximate surface area is 97.9 Å². The fourth-order valence-electron chi connectivity index (χ4n) is 1.90. The Bertz CT molecular complexity index is 307. The minimum Gasteiger partial charge on any atom is -0.395 e. The molecule has 0 bridgehead atoms. The van der Waals surface area contributed by atoms with Crippen LogP contribution in [0, 0.1) is 0 Å². The van der Waals surface area contributed by atoms with Crippen LogP contribution in [0.15, 0.2) is 24.3 Å². The summed E-state index contributed by atoms with van der Waals surface area (Å²) in [6.07, 6.45) is 1.06. The highest BCUT2D eigenvalue weighted by Crippen LogP contribution is 2.24. The smallest absolute Gasteiger partial charge is 0.0606 e. The molecule has 0 aliphatic rings. The van der Waals surface area contributed by atoms with Crippen molar-refractivity contribution in [1.82, 2.24) is 0 Å². The Balaban J connectivity index is 2.97. The number of aliphatic hydroxyl groups excluding tert-OH is 1. The molecule has 0 spiro atoms. The Morgan fingerprint density at radius 2 is 2.00 bits per heavy atom. The van der Waals surface area contributed by atoms with E-state index in [2.05, 4.69) is 24.0 Å².